The van der Waals surface area contributed by atoms with Crippen LogP contribution in [-0.2, 0) is 32.2 Å². The van der Waals surface area contributed by atoms with Crippen LogP contribution < -0.4 is 11.3 Å². The van der Waals surface area contributed by atoms with E-state index in [-0.39, 0.29) is 28.1 Å². The highest BCUT2D eigenvalue weighted by atomic mass is 32.7. The normalized spacial score (nSPS) is 38.6. The summed E-state index contributed by atoms with van der Waals surface area (Å²) in [5, 5.41) is 22.6. The molecule has 23 heteroatoms. The van der Waals surface area contributed by atoms with Crippen LogP contribution in [0.1, 0.15) is 12.5 Å². The molecule has 3 fully saturated rings. The number of thiol groups is 2. The zero-order valence-corrected chi connectivity index (χ0v) is 25.1. The second-order valence-corrected chi connectivity index (χ2v) is 16.5. The third-order valence-electron chi connectivity index (χ3n) is 7.40. The summed E-state index contributed by atoms with van der Waals surface area (Å²) in [5.41, 5.74) is 4.63. The van der Waals surface area contributed by atoms with Gasteiger partial charge in [-0.2, -0.15) is 0 Å². The van der Waals surface area contributed by atoms with Crippen LogP contribution in [0.15, 0.2) is 30.1 Å². The van der Waals surface area contributed by atoms with Gasteiger partial charge in [0.05, 0.1) is 38.3 Å². The van der Waals surface area contributed by atoms with Crippen molar-refractivity contribution in [2.75, 3.05) is 18.9 Å². The van der Waals surface area contributed by atoms with E-state index in [1.807, 2.05) is 0 Å². The Balaban J connectivity index is 1.20. The van der Waals surface area contributed by atoms with E-state index in [2.05, 4.69) is 54.4 Å². The van der Waals surface area contributed by atoms with Gasteiger partial charge < -0.3 is 34.9 Å². The highest BCUT2D eigenvalue weighted by molar-refractivity contribution is 8.46. The van der Waals surface area contributed by atoms with E-state index >= 15 is 0 Å². The van der Waals surface area contributed by atoms with Crippen molar-refractivity contribution >= 4 is 66.0 Å². The Kier molecular flexibility index (Phi) is 7.22. The van der Waals surface area contributed by atoms with E-state index in [9.17, 15) is 24.1 Å². The maximum absolute atomic E-state index is 14.0. The average molecular weight is 676 g/mol. The first-order valence-electron chi connectivity index (χ1n) is 12.6. The highest BCUT2D eigenvalue weighted by Crippen LogP contribution is 2.64. The zero-order chi connectivity index (χ0) is 30.3. The Hall–Kier alpha value is -2.42. The number of rotatable bonds is 2. The fourth-order valence-corrected chi connectivity index (χ4v) is 9.63. The number of nitrogens with one attached hydrogen (secondary N) is 1. The van der Waals surface area contributed by atoms with Gasteiger partial charge >= 0.3 is 6.80 Å². The van der Waals surface area contributed by atoms with Gasteiger partial charge in [-0.15, -0.1) is 0 Å². The number of hydrogen-bond acceptors (Lipinski definition) is 16. The van der Waals surface area contributed by atoms with E-state index < -0.39 is 80.8 Å². The lowest BCUT2D eigenvalue weighted by molar-refractivity contribution is -0.0489. The number of hydrogen-bond donors (Lipinski definition) is 6. The van der Waals surface area contributed by atoms with E-state index in [1.54, 1.807) is 0 Å². The van der Waals surface area contributed by atoms with Crippen LogP contribution in [0.5, 0.6) is 0 Å². The van der Waals surface area contributed by atoms with Crippen molar-refractivity contribution in [2.45, 2.75) is 48.6 Å². The summed E-state index contributed by atoms with van der Waals surface area (Å²) in [6, 6.07) is 0. The Morgan fingerprint density at radius 3 is 2.33 bits per heavy atom. The van der Waals surface area contributed by atoms with Crippen molar-refractivity contribution in [1.82, 2.24) is 39.0 Å². The molecule has 4 aromatic rings. The van der Waals surface area contributed by atoms with Gasteiger partial charge in [-0.3, -0.25) is 27.5 Å². The number of H-pyrrole nitrogens is 1. The van der Waals surface area contributed by atoms with Gasteiger partial charge in [-0.05, 0) is 0 Å². The van der Waals surface area contributed by atoms with Crippen LogP contribution in [-0.4, -0.2) is 98.6 Å². The number of aliphatic hydroxyl groups excluding tert-OH is 2. The van der Waals surface area contributed by atoms with E-state index in [1.165, 1.54) is 28.1 Å². The summed E-state index contributed by atoms with van der Waals surface area (Å²) >= 11 is 8.37. The number of nitrogens with two attached hydrogens (primary N) is 1. The Morgan fingerprint density at radius 2 is 1.56 bits per heavy atom. The first kappa shape index (κ1) is 29.3. The molecule has 0 bridgehead atoms. The second kappa shape index (κ2) is 10.6. The number of anilines is 1. The van der Waals surface area contributed by atoms with Crippen LogP contribution in [0.2, 0.25) is 0 Å². The molecule has 5 N–H and O–H groups in total. The van der Waals surface area contributed by atoms with E-state index in [0.29, 0.717) is 0 Å². The number of aromatic amines is 1. The summed E-state index contributed by atoms with van der Waals surface area (Å²) in [6.07, 6.45) is -4.29. The Labute approximate surface area is 250 Å². The fourth-order valence-electron chi connectivity index (χ4n) is 5.44. The van der Waals surface area contributed by atoms with Gasteiger partial charge in [0.1, 0.15) is 41.9 Å². The number of nitrogen functional groups attached to an aromatic ring is 1. The lowest BCUT2D eigenvalue weighted by Gasteiger charge is -2.26. The summed E-state index contributed by atoms with van der Waals surface area (Å²) in [4.78, 5) is 34.8. The van der Waals surface area contributed by atoms with Gasteiger partial charge in [0, 0.05) is 0 Å². The van der Waals surface area contributed by atoms with E-state index in [0.717, 1.165) is 6.33 Å². The number of fused-ring (bicyclic) bond motifs is 4. The molecular formula is C20H23N9O10P2S2. The molecule has 7 rings (SSSR count). The van der Waals surface area contributed by atoms with Crippen molar-refractivity contribution in [1.29, 1.82) is 0 Å². The minimum atomic E-state index is -4.26. The van der Waals surface area contributed by atoms with Crippen molar-refractivity contribution in [3.63, 3.8) is 0 Å². The molecule has 0 aromatic carbocycles. The van der Waals surface area contributed by atoms with Crippen molar-refractivity contribution in [3.8, 4) is 0 Å². The monoisotopic (exact) mass is 675 g/mol. The molecule has 0 amide bonds. The molecular weight excluding hydrogens is 652 g/mol. The number of nitrogens with zero attached hydrogens (tertiary/aromatic N) is 7. The lowest BCUT2D eigenvalue weighted by Crippen LogP contribution is -2.36. The van der Waals surface area contributed by atoms with Gasteiger partial charge in [-0.1, -0.05) is 24.5 Å². The molecule has 43 heavy (non-hydrogen) atoms. The molecule has 3 aliphatic heterocycles. The molecule has 6 unspecified atom stereocenters. The smallest absolute Gasteiger partial charge is 0.386 e. The third kappa shape index (κ3) is 4.92. The van der Waals surface area contributed by atoms with Crippen LogP contribution >= 0.6 is 37.9 Å². The van der Waals surface area contributed by atoms with Crippen LogP contribution in [0.25, 0.3) is 22.3 Å². The Bertz CT molecular complexity index is 1870. The van der Waals surface area contributed by atoms with Gasteiger partial charge in [0.2, 0.25) is 0 Å². The largest absolute Gasteiger partial charge is 0.387 e. The van der Waals surface area contributed by atoms with Gasteiger partial charge in [0.15, 0.2) is 35.1 Å². The predicted octanol–water partition coefficient (Wildman–Crippen LogP) is 0.0197. The number of aromatic nitrogens is 8. The highest BCUT2D eigenvalue weighted by Gasteiger charge is 2.56. The maximum Gasteiger partial charge on any atom is 0.386 e. The molecule has 230 valence electrons. The maximum atomic E-state index is 14.0. The van der Waals surface area contributed by atoms with Gasteiger partial charge in [-0.25, -0.2) is 29.5 Å². The molecule has 4 aromatic heterocycles. The summed E-state index contributed by atoms with van der Waals surface area (Å²) in [5.74, 6) is 0.101. The topological polar surface area (TPSA) is 254 Å². The minimum absolute atomic E-state index is 0.0106. The average Bonchev–Trinajstić information content (AvgIpc) is 3.71. The molecule has 3 aliphatic rings. The minimum Gasteiger partial charge on any atom is -0.387 e. The molecule has 0 radical (unpaired) electrons. The summed E-state index contributed by atoms with van der Waals surface area (Å²) < 4.78 is 58.9. The third-order valence-corrected chi connectivity index (χ3v) is 12.1. The van der Waals surface area contributed by atoms with Gasteiger partial charge in [0.25, 0.3) is 12.1 Å². The lowest BCUT2D eigenvalue weighted by atomic mass is 10.1. The quantitative estimate of drug-likeness (QED) is 0.121. The number of aliphatic hydroxyl groups is 2. The van der Waals surface area contributed by atoms with E-state index in [4.69, 9.17) is 28.8 Å². The number of imidazole rings is 2. The Morgan fingerprint density at radius 1 is 0.907 bits per heavy atom. The van der Waals surface area contributed by atoms with Crippen molar-refractivity contribution in [2.24, 2.45) is 0 Å². The zero-order valence-electron chi connectivity index (χ0n) is 21.5. The molecule has 0 spiro atoms. The number of ether oxygens (including phenoxy) is 2. The first-order chi connectivity index (χ1) is 20.4. The second-order valence-electron chi connectivity index (χ2n) is 9.93. The fraction of sp³-hybridized carbons (Fsp3) is 0.500. The van der Waals surface area contributed by atoms with Crippen molar-refractivity contribution in [3.05, 3.63) is 35.7 Å². The molecule has 7 heterocycles. The predicted molar refractivity (Wildman–Crippen MR) is 151 cm³/mol. The SMILES string of the molecule is Nc1ncnc2c1ncn2C1OC2COP(=O)(S)O[C@@H]3C(COP(=O)(S)[C@H]2[C@H]1O)OC(n1cnc2c(=O)[nH]cnc21)[C@@H]3O. The molecule has 0 aliphatic carbocycles. The van der Waals surface area contributed by atoms with Crippen molar-refractivity contribution < 1.29 is 42.4 Å². The van der Waals surface area contributed by atoms with Crippen LogP contribution in [0.4, 0.5) is 5.82 Å². The molecule has 3 saturated heterocycles. The molecule has 0 saturated carbocycles. The molecule has 19 nitrogen and oxygen atoms in total. The molecule has 10 atom stereocenters. The van der Waals surface area contributed by atoms with Crippen LogP contribution in [0, 0.1) is 0 Å². The first-order valence-corrected chi connectivity index (χ1v) is 18.1. The van der Waals surface area contributed by atoms with Crippen LogP contribution in [0.3, 0.4) is 0 Å². The summed E-state index contributed by atoms with van der Waals surface area (Å²) in [6.45, 7) is -9.36. The standard InChI is InChI=1S/C20H23N9O10P2S2/c21-15-9-16(23-3-22-15)28(5-26-9)20-12(31)14-8(38-20)2-36-41(34,43)39-13-7(1-35-40(14,33)42)37-19(11(13)30)29-6-27-10-17(29)24-4-25-18(10)32/h3-8,11-14,19-20,30-31H,1-2H2,(H,33,42)(H,34,43)(H2,21,22,23)(H,24,25,32)/t7?,8?,11-,12-,13-,14-,19?,20?,40?,41?/m1/s1. The summed E-state index contributed by atoms with van der Waals surface area (Å²) in [7, 11) is 0.